The molecule has 0 bridgehead atoms. The predicted octanol–water partition coefficient (Wildman–Crippen LogP) is -0.240. The summed E-state index contributed by atoms with van der Waals surface area (Å²) in [6.07, 6.45) is 2.29. The summed E-state index contributed by atoms with van der Waals surface area (Å²) in [5, 5.41) is 3.07. The zero-order chi connectivity index (χ0) is 10.4. The van der Waals surface area contributed by atoms with Crippen molar-refractivity contribution in [3.05, 3.63) is 0 Å². The Kier molecular flexibility index (Phi) is 4.90. The van der Waals surface area contributed by atoms with E-state index in [1.165, 1.54) is 6.42 Å². The van der Waals surface area contributed by atoms with Crippen LogP contribution in [0.1, 0.15) is 12.8 Å². The molecule has 1 heterocycles. The fraction of sp³-hybridized carbons (Fsp3) is 0.900. The first-order chi connectivity index (χ1) is 6.70. The van der Waals surface area contributed by atoms with Crippen molar-refractivity contribution in [2.24, 2.45) is 0 Å². The number of unbranched alkanes of at least 4 members (excludes halogenated alkanes) is 1. The van der Waals surface area contributed by atoms with Crippen LogP contribution in [0.25, 0.3) is 0 Å². The highest BCUT2D eigenvalue weighted by Crippen LogP contribution is 1.99. The molecule has 4 heteroatoms. The maximum Gasteiger partial charge on any atom is 0.236 e. The molecule has 1 amide bonds. The number of amides is 1. The van der Waals surface area contributed by atoms with E-state index >= 15 is 0 Å². The highest BCUT2D eigenvalue weighted by atomic mass is 16.2. The summed E-state index contributed by atoms with van der Waals surface area (Å²) in [7, 11) is 4.16. The SMILES string of the molecule is CN(C)CCCCN1CCNCC1=O. The maximum absolute atomic E-state index is 11.4. The van der Waals surface area contributed by atoms with E-state index in [9.17, 15) is 4.79 Å². The van der Waals surface area contributed by atoms with Crippen LogP contribution in [0.3, 0.4) is 0 Å². The van der Waals surface area contributed by atoms with Gasteiger partial charge in [0.15, 0.2) is 0 Å². The van der Waals surface area contributed by atoms with Gasteiger partial charge in [-0.25, -0.2) is 0 Å². The second kappa shape index (κ2) is 5.98. The maximum atomic E-state index is 11.4. The van der Waals surface area contributed by atoms with E-state index < -0.39 is 0 Å². The summed E-state index contributed by atoms with van der Waals surface area (Å²) < 4.78 is 0. The minimum atomic E-state index is 0.251. The smallest absolute Gasteiger partial charge is 0.236 e. The summed E-state index contributed by atoms with van der Waals surface area (Å²) in [6, 6.07) is 0. The van der Waals surface area contributed by atoms with Crippen molar-refractivity contribution in [3.63, 3.8) is 0 Å². The van der Waals surface area contributed by atoms with Crippen LogP contribution in [0.15, 0.2) is 0 Å². The Bertz CT molecular complexity index is 182. The predicted molar refractivity (Wildman–Crippen MR) is 57.2 cm³/mol. The Morgan fingerprint density at radius 1 is 1.43 bits per heavy atom. The van der Waals surface area contributed by atoms with Crippen molar-refractivity contribution < 1.29 is 4.79 Å². The molecule has 0 atom stereocenters. The molecule has 82 valence electrons. The second-order valence-electron chi connectivity index (χ2n) is 4.07. The topological polar surface area (TPSA) is 35.6 Å². The van der Waals surface area contributed by atoms with Crippen LogP contribution >= 0.6 is 0 Å². The average Bonchev–Trinajstić information content (AvgIpc) is 2.15. The molecule has 1 aliphatic rings. The van der Waals surface area contributed by atoms with Gasteiger partial charge in [-0.15, -0.1) is 0 Å². The van der Waals surface area contributed by atoms with Crippen LogP contribution < -0.4 is 5.32 Å². The third-order valence-electron chi connectivity index (χ3n) is 2.47. The van der Waals surface area contributed by atoms with E-state index in [1.807, 2.05) is 4.90 Å². The number of nitrogens with one attached hydrogen (secondary N) is 1. The lowest BCUT2D eigenvalue weighted by molar-refractivity contribution is -0.131. The summed E-state index contributed by atoms with van der Waals surface area (Å²) >= 11 is 0. The van der Waals surface area contributed by atoms with Gasteiger partial charge in [0, 0.05) is 19.6 Å². The van der Waals surface area contributed by atoms with Crippen LogP contribution in [0, 0.1) is 0 Å². The number of carbonyl (C=O) groups is 1. The number of carbonyl (C=O) groups excluding carboxylic acids is 1. The summed E-state index contributed by atoms with van der Waals surface area (Å²) in [6.45, 7) is 4.38. The fourth-order valence-electron chi connectivity index (χ4n) is 1.61. The molecule has 0 radical (unpaired) electrons. The Balaban J connectivity index is 2.07. The standard InChI is InChI=1S/C10H21N3O/c1-12(2)6-3-4-7-13-8-5-11-9-10(13)14/h11H,3-9H2,1-2H3. The van der Waals surface area contributed by atoms with Crippen LogP contribution in [0.5, 0.6) is 0 Å². The summed E-state index contributed by atoms with van der Waals surface area (Å²) in [5.41, 5.74) is 0. The van der Waals surface area contributed by atoms with E-state index in [0.29, 0.717) is 6.54 Å². The molecule has 0 saturated carbocycles. The Morgan fingerprint density at radius 2 is 2.21 bits per heavy atom. The summed E-state index contributed by atoms with van der Waals surface area (Å²) in [5.74, 6) is 0.251. The van der Waals surface area contributed by atoms with Crippen molar-refractivity contribution in [1.82, 2.24) is 15.1 Å². The van der Waals surface area contributed by atoms with Gasteiger partial charge in [-0.2, -0.15) is 0 Å². The molecule has 4 nitrogen and oxygen atoms in total. The number of hydrogen-bond donors (Lipinski definition) is 1. The fourth-order valence-corrected chi connectivity index (χ4v) is 1.61. The number of piperazine rings is 1. The average molecular weight is 199 g/mol. The molecular formula is C10H21N3O. The molecule has 0 aliphatic carbocycles. The minimum absolute atomic E-state index is 0.251. The Hall–Kier alpha value is -0.610. The molecule has 1 aliphatic heterocycles. The molecule has 0 spiro atoms. The normalized spacial score (nSPS) is 17.9. The van der Waals surface area contributed by atoms with Crippen LogP contribution in [-0.2, 0) is 4.79 Å². The molecule has 0 aromatic rings. The minimum Gasteiger partial charge on any atom is -0.340 e. The van der Waals surface area contributed by atoms with Crippen LogP contribution in [0.2, 0.25) is 0 Å². The van der Waals surface area contributed by atoms with Gasteiger partial charge in [0.1, 0.15) is 0 Å². The lowest BCUT2D eigenvalue weighted by atomic mass is 10.2. The summed E-state index contributed by atoms with van der Waals surface area (Å²) in [4.78, 5) is 15.5. The molecule has 14 heavy (non-hydrogen) atoms. The van der Waals surface area contributed by atoms with Crippen molar-refractivity contribution in [2.45, 2.75) is 12.8 Å². The third-order valence-corrected chi connectivity index (χ3v) is 2.47. The molecule has 0 aromatic heterocycles. The zero-order valence-electron chi connectivity index (χ0n) is 9.25. The second-order valence-corrected chi connectivity index (χ2v) is 4.07. The highest BCUT2D eigenvalue weighted by molar-refractivity contribution is 5.78. The molecule has 1 saturated heterocycles. The molecule has 1 N–H and O–H groups in total. The first-order valence-electron chi connectivity index (χ1n) is 5.33. The first-order valence-corrected chi connectivity index (χ1v) is 5.33. The Morgan fingerprint density at radius 3 is 2.86 bits per heavy atom. The number of hydrogen-bond acceptors (Lipinski definition) is 3. The highest BCUT2D eigenvalue weighted by Gasteiger charge is 2.16. The van der Waals surface area contributed by atoms with Crippen LogP contribution in [0.4, 0.5) is 0 Å². The van der Waals surface area contributed by atoms with E-state index in [-0.39, 0.29) is 5.91 Å². The quantitative estimate of drug-likeness (QED) is 0.621. The van der Waals surface area contributed by atoms with Gasteiger partial charge < -0.3 is 15.1 Å². The number of nitrogens with zero attached hydrogens (tertiary/aromatic N) is 2. The lowest BCUT2D eigenvalue weighted by Gasteiger charge is -2.27. The van der Waals surface area contributed by atoms with Gasteiger partial charge in [-0.3, -0.25) is 4.79 Å². The van der Waals surface area contributed by atoms with E-state index in [2.05, 4.69) is 24.3 Å². The van der Waals surface area contributed by atoms with Gasteiger partial charge in [-0.05, 0) is 33.5 Å². The van der Waals surface area contributed by atoms with Gasteiger partial charge in [0.2, 0.25) is 5.91 Å². The third kappa shape index (κ3) is 4.07. The van der Waals surface area contributed by atoms with Crippen molar-refractivity contribution >= 4 is 5.91 Å². The molecular weight excluding hydrogens is 178 g/mol. The van der Waals surface area contributed by atoms with Crippen molar-refractivity contribution in [1.29, 1.82) is 0 Å². The van der Waals surface area contributed by atoms with Gasteiger partial charge in [-0.1, -0.05) is 0 Å². The van der Waals surface area contributed by atoms with Crippen molar-refractivity contribution in [2.75, 3.05) is 46.8 Å². The van der Waals surface area contributed by atoms with Gasteiger partial charge in [0.05, 0.1) is 6.54 Å². The number of rotatable bonds is 5. The lowest BCUT2D eigenvalue weighted by Crippen LogP contribution is -2.48. The zero-order valence-corrected chi connectivity index (χ0v) is 9.25. The largest absolute Gasteiger partial charge is 0.340 e. The molecule has 1 fully saturated rings. The van der Waals surface area contributed by atoms with E-state index in [4.69, 9.17) is 0 Å². The molecule has 0 unspecified atom stereocenters. The van der Waals surface area contributed by atoms with Crippen LogP contribution in [-0.4, -0.2) is 62.5 Å². The van der Waals surface area contributed by atoms with Gasteiger partial charge >= 0.3 is 0 Å². The Labute approximate surface area is 86.2 Å². The molecule has 1 rings (SSSR count). The first kappa shape index (κ1) is 11.5. The van der Waals surface area contributed by atoms with E-state index in [0.717, 1.165) is 32.6 Å². The van der Waals surface area contributed by atoms with E-state index in [1.54, 1.807) is 0 Å². The van der Waals surface area contributed by atoms with Gasteiger partial charge in [0.25, 0.3) is 0 Å². The van der Waals surface area contributed by atoms with Crippen molar-refractivity contribution in [3.8, 4) is 0 Å². The molecule has 0 aromatic carbocycles. The monoisotopic (exact) mass is 199 g/mol.